The maximum absolute atomic E-state index is 12.6. The Balaban J connectivity index is 1.64. The number of fused-ring (bicyclic) bond motifs is 1. The first-order valence-corrected chi connectivity index (χ1v) is 8.66. The summed E-state index contributed by atoms with van der Waals surface area (Å²) in [5, 5.41) is 0. The molecule has 3 rings (SSSR count). The van der Waals surface area contributed by atoms with Crippen LogP contribution in [0.5, 0.6) is 0 Å². The molecule has 1 saturated carbocycles. The number of carbonyl (C=O) groups is 1. The van der Waals surface area contributed by atoms with Gasteiger partial charge in [-0.15, -0.1) is 11.8 Å². The molecule has 1 aromatic carbocycles. The molecule has 1 aromatic rings. The molecule has 0 aromatic heterocycles. The predicted molar refractivity (Wildman–Crippen MR) is 83.0 cm³/mol. The summed E-state index contributed by atoms with van der Waals surface area (Å²) in [7, 11) is 1.95. The van der Waals surface area contributed by atoms with E-state index in [9.17, 15) is 4.79 Å². The van der Waals surface area contributed by atoms with Crippen molar-refractivity contribution >= 4 is 33.6 Å². The Morgan fingerprint density at radius 2 is 2.16 bits per heavy atom. The molecule has 1 unspecified atom stereocenters. The van der Waals surface area contributed by atoms with Crippen molar-refractivity contribution in [1.29, 1.82) is 0 Å². The normalized spacial score (nSPS) is 28.6. The number of amides is 1. The van der Waals surface area contributed by atoms with Crippen molar-refractivity contribution in [3.05, 3.63) is 29.8 Å². The van der Waals surface area contributed by atoms with Crippen LogP contribution in [-0.4, -0.2) is 35.0 Å². The summed E-state index contributed by atoms with van der Waals surface area (Å²) in [6.45, 7) is 0.907. The van der Waals surface area contributed by atoms with Crippen LogP contribution in [0, 0.1) is 5.92 Å². The molecule has 1 fully saturated rings. The molecule has 19 heavy (non-hydrogen) atoms. The van der Waals surface area contributed by atoms with Crippen LogP contribution < -0.4 is 0 Å². The molecule has 102 valence electrons. The van der Waals surface area contributed by atoms with Gasteiger partial charge in [-0.25, -0.2) is 0 Å². The summed E-state index contributed by atoms with van der Waals surface area (Å²) in [4.78, 5) is 16.5. The molecule has 4 heteroatoms. The first-order chi connectivity index (χ1) is 9.15. The van der Waals surface area contributed by atoms with Crippen LogP contribution in [0.15, 0.2) is 29.2 Å². The van der Waals surface area contributed by atoms with Gasteiger partial charge in [0.15, 0.2) is 0 Å². The van der Waals surface area contributed by atoms with E-state index in [1.807, 2.05) is 24.1 Å². The van der Waals surface area contributed by atoms with Crippen LogP contribution in [0.4, 0.5) is 0 Å². The van der Waals surface area contributed by atoms with Crippen LogP contribution in [0.3, 0.4) is 0 Å². The van der Waals surface area contributed by atoms with Crippen molar-refractivity contribution in [2.45, 2.75) is 28.5 Å². The summed E-state index contributed by atoms with van der Waals surface area (Å²) in [6, 6.07) is 8.30. The minimum Gasteiger partial charge on any atom is -0.345 e. The van der Waals surface area contributed by atoms with Crippen LogP contribution in [0.2, 0.25) is 0 Å². The van der Waals surface area contributed by atoms with Crippen molar-refractivity contribution in [3.8, 4) is 0 Å². The second-order valence-electron chi connectivity index (χ2n) is 5.55. The lowest BCUT2D eigenvalue weighted by molar-refractivity contribution is -0.131. The molecule has 1 atom stereocenters. The number of likely N-dealkylation sites (N-methyl/N-ethyl adjacent to an activating group) is 1. The van der Waals surface area contributed by atoms with Crippen LogP contribution >= 0.6 is 27.7 Å². The molecule has 0 bridgehead atoms. The molecule has 0 N–H and O–H groups in total. The highest BCUT2D eigenvalue weighted by atomic mass is 79.9. The van der Waals surface area contributed by atoms with Crippen molar-refractivity contribution in [2.24, 2.45) is 5.92 Å². The van der Waals surface area contributed by atoms with Crippen LogP contribution in [-0.2, 0) is 4.79 Å². The first-order valence-electron chi connectivity index (χ1n) is 6.76. The zero-order chi connectivity index (χ0) is 13.4. The lowest BCUT2D eigenvalue weighted by Crippen LogP contribution is -2.39. The SMILES string of the molecule is CN(CC1CC(Br)C1)C(=O)C1CSc2ccccc21. The topological polar surface area (TPSA) is 20.3 Å². The van der Waals surface area contributed by atoms with Crippen molar-refractivity contribution < 1.29 is 4.79 Å². The molecular weight excluding hydrogens is 322 g/mol. The number of nitrogens with zero attached hydrogens (tertiary/aromatic N) is 1. The molecule has 0 saturated heterocycles. The number of hydrogen-bond acceptors (Lipinski definition) is 2. The largest absolute Gasteiger partial charge is 0.345 e. The molecule has 1 heterocycles. The monoisotopic (exact) mass is 339 g/mol. The quantitative estimate of drug-likeness (QED) is 0.785. The van der Waals surface area contributed by atoms with E-state index >= 15 is 0 Å². The fourth-order valence-electron chi connectivity index (χ4n) is 2.91. The Labute approximate surface area is 127 Å². The van der Waals surface area contributed by atoms with Gasteiger partial charge in [-0.3, -0.25) is 4.79 Å². The third-order valence-electron chi connectivity index (χ3n) is 4.08. The standard InChI is InChI=1S/C15H18BrNOS/c1-17(8-10-6-11(16)7-10)15(18)13-9-19-14-5-3-2-4-12(13)14/h2-5,10-11,13H,6-9H2,1H3. The Kier molecular flexibility index (Phi) is 3.90. The number of halogens is 1. The van der Waals surface area contributed by atoms with Crippen LogP contribution in [0.25, 0.3) is 0 Å². The highest BCUT2D eigenvalue weighted by molar-refractivity contribution is 9.09. The lowest BCUT2D eigenvalue weighted by atomic mass is 9.84. The fraction of sp³-hybridized carbons (Fsp3) is 0.533. The molecule has 1 aliphatic heterocycles. The zero-order valence-electron chi connectivity index (χ0n) is 11.0. The number of rotatable bonds is 3. The number of alkyl halides is 1. The van der Waals surface area contributed by atoms with Gasteiger partial charge in [0.2, 0.25) is 5.91 Å². The Morgan fingerprint density at radius 1 is 1.42 bits per heavy atom. The molecule has 2 aliphatic rings. The van der Waals surface area contributed by atoms with Crippen molar-refractivity contribution in [3.63, 3.8) is 0 Å². The Morgan fingerprint density at radius 3 is 2.89 bits per heavy atom. The van der Waals surface area contributed by atoms with Crippen molar-refractivity contribution in [1.82, 2.24) is 4.90 Å². The summed E-state index contributed by atoms with van der Waals surface area (Å²) in [5.74, 6) is 1.93. The maximum atomic E-state index is 12.6. The maximum Gasteiger partial charge on any atom is 0.230 e. The smallest absolute Gasteiger partial charge is 0.230 e. The summed E-state index contributed by atoms with van der Waals surface area (Å²) >= 11 is 5.41. The summed E-state index contributed by atoms with van der Waals surface area (Å²) in [5.41, 5.74) is 1.22. The van der Waals surface area contributed by atoms with E-state index in [0.29, 0.717) is 10.7 Å². The van der Waals surface area contributed by atoms with Gasteiger partial charge in [0.05, 0.1) is 5.92 Å². The van der Waals surface area contributed by atoms with E-state index in [0.717, 1.165) is 12.3 Å². The molecular formula is C15H18BrNOS. The minimum absolute atomic E-state index is 0.0612. The molecule has 0 radical (unpaired) electrons. The van der Waals surface area contributed by atoms with Gasteiger partial charge < -0.3 is 4.90 Å². The first kappa shape index (κ1) is 13.5. The van der Waals surface area contributed by atoms with Crippen molar-refractivity contribution in [2.75, 3.05) is 19.3 Å². The second kappa shape index (κ2) is 5.49. The lowest BCUT2D eigenvalue weighted by Gasteiger charge is -2.35. The Bertz CT molecular complexity index is 487. The molecule has 1 amide bonds. The van der Waals surface area contributed by atoms with E-state index in [-0.39, 0.29) is 11.8 Å². The van der Waals surface area contributed by atoms with Gasteiger partial charge in [-0.2, -0.15) is 0 Å². The van der Waals surface area contributed by atoms with Gasteiger partial charge in [0, 0.05) is 29.1 Å². The number of hydrogen-bond donors (Lipinski definition) is 0. The number of benzene rings is 1. The molecule has 2 nitrogen and oxygen atoms in total. The number of carbonyl (C=O) groups excluding carboxylic acids is 1. The highest BCUT2D eigenvalue weighted by Gasteiger charge is 2.34. The zero-order valence-corrected chi connectivity index (χ0v) is 13.4. The van der Waals surface area contributed by atoms with E-state index in [2.05, 4.69) is 28.1 Å². The van der Waals surface area contributed by atoms with Crippen LogP contribution in [0.1, 0.15) is 24.3 Å². The van der Waals surface area contributed by atoms with E-state index in [1.165, 1.54) is 23.3 Å². The average molecular weight is 340 g/mol. The Hall–Kier alpha value is -0.480. The fourth-order valence-corrected chi connectivity index (χ4v) is 5.19. The van der Waals surface area contributed by atoms with E-state index < -0.39 is 0 Å². The molecule has 0 spiro atoms. The van der Waals surface area contributed by atoms with Gasteiger partial charge in [-0.05, 0) is 30.4 Å². The summed E-state index contributed by atoms with van der Waals surface area (Å²) < 4.78 is 0. The van der Waals surface area contributed by atoms with Gasteiger partial charge in [0.1, 0.15) is 0 Å². The predicted octanol–water partition coefficient (Wildman–Crippen LogP) is 3.51. The molecule has 1 aliphatic carbocycles. The highest BCUT2D eigenvalue weighted by Crippen LogP contribution is 2.40. The second-order valence-corrected chi connectivity index (χ2v) is 7.91. The van der Waals surface area contributed by atoms with Gasteiger partial charge >= 0.3 is 0 Å². The third-order valence-corrected chi connectivity index (χ3v) is 6.01. The summed E-state index contributed by atoms with van der Waals surface area (Å²) in [6.07, 6.45) is 2.40. The third kappa shape index (κ3) is 2.70. The van der Waals surface area contributed by atoms with Gasteiger partial charge in [0.25, 0.3) is 0 Å². The average Bonchev–Trinajstić information content (AvgIpc) is 2.79. The van der Waals surface area contributed by atoms with E-state index in [4.69, 9.17) is 0 Å². The minimum atomic E-state index is 0.0612. The number of thioether (sulfide) groups is 1. The van der Waals surface area contributed by atoms with E-state index in [1.54, 1.807) is 11.8 Å². The van der Waals surface area contributed by atoms with Gasteiger partial charge in [-0.1, -0.05) is 34.1 Å².